The Balaban J connectivity index is 2.07. The zero-order valence-electron chi connectivity index (χ0n) is 11.1. The fourth-order valence-electron chi connectivity index (χ4n) is 1.87. The summed E-state index contributed by atoms with van der Waals surface area (Å²) in [5, 5.41) is 12.9. The average molecular weight is 258 g/mol. The van der Waals surface area contributed by atoms with Crippen LogP contribution in [0.5, 0.6) is 0 Å². The minimum atomic E-state index is -0.233. The maximum Gasteiger partial charge on any atom is 0.236 e. The van der Waals surface area contributed by atoms with E-state index in [2.05, 4.69) is 20.8 Å². The van der Waals surface area contributed by atoms with Crippen LogP contribution < -0.4 is 10.6 Å². The zero-order valence-corrected chi connectivity index (χ0v) is 11.1. The molecule has 0 aliphatic rings. The molecule has 100 valence electrons. The third-order valence-corrected chi connectivity index (χ3v) is 3.02. The van der Waals surface area contributed by atoms with Gasteiger partial charge in [-0.25, -0.2) is 0 Å². The predicted octanol–water partition coefficient (Wildman–Crippen LogP) is 1.30. The van der Waals surface area contributed by atoms with Gasteiger partial charge in [-0.15, -0.1) is 0 Å². The molecule has 1 unspecified atom stereocenters. The summed E-state index contributed by atoms with van der Waals surface area (Å²) in [6.45, 7) is 2.43. The van der Waals surface area contributed by atoms with Crippen LogP contribution >= 0.6 is 0 Å². The molecule has 5 nitrogen and oxygen atoms in total. The van der Waals surface area contributed by atoms with E-state index >= 15 is 0 Å². The van der Waals surface area contributed by atoms with E-state index in [-0.39, 0.29) is 11.9 Å². The number of benzene rings is 1. The predicted molar refractivity (Wildman–Crippen MR) is 74.4 cm³/mol. The van der Waals surface area contributed by atoms with Crippen molar-refractivity contribution in [1.82, 2.24) is 20.8 Å². The van der Waals surface area contributed by atoms with Crippen LogP contribution in [0.15, 0.2) is 36.5 Å². The van der Waals surface area contributed by atoms with E-state index in [0.717, 1.165) is 16.8 Å². The van der Waals surface area contributed by atoms with Crippen LogP contribution in [0, 0.1) is 0 Å². The van der Waals surface area contributed by atoms with Crippen molar-refractivity contribution in [3.05, 3.63) is 42.1 Å². The highest BCUT2D eigenvalue weighted by Crippen LogP contribution is 2.20. The molecule has 1 heterocycles. The van der Waals surface area contributed by atoms with Gasteiger partial charge in [0.05, 0.1) is 17.9 Å². The zero-order chi connectivity index (χ0) is 13.7. The van der Waals surface area contributed by atoms with E-state index in [1.54, 1.807) is 13.2 Å². The number of aromatic nitrogens is 2. The third-order valence-electron chi connectivity index (χ3n) is 3.02. The Morgan fingerprint density at radius 2 is 2.11 bits per heavy atom. The smallest absolute Gasteiger partial charge is 0.236 e. The van der Waals surface area contributed by atoms with Gasteiger partial charge in [0.2, 0.25) is 5.91 Å². The van der Waals surface area contributed by atoms with Gasteiger partial charge in [-0.05, 0) is 12.5 Å². The average Bonchev–Trinajstić information content (AvgIpc) is 2.93. The van der Waals surface area contributed by atoms with Gasteiger partial charge in [-0.3, -0.25) is 9.89 Å². The van der Waals surface area contributed by atoms with Crippen LogP contribution in [0.4, 0.5) is 0 Å². The third kappa shape index (κ3) is 3.20. The van der Waals surface area contributed by atoms with E-state index in [9.17, 15) is 4.79 Å². The molecule has 2 rings (SSSR count). The number of carbonyl (C=O) groups excluding carboxylic acids is 1. The molecular formula is C14H18N4O. The maximum absolute atomic E-state index is 11.4. The molecule has 1 amide bonds. The Bertz CT molecular complexity index is 535. The second kappa shape index (κ2) is 6.15. The first-order chi connectivity index (χ1) is 9.22. The van der Waals surface area contributed by atoms with Gasteiger partial charge < -0.3 is 10.6 Å². The second-order valence-corrected chi connectivity index (χ2v) is 4.35. The lowest BCUT2D eigenvalue weighted by Gasteiger charge is -2.12. The first kappa shape index (κ1) is 13.3. The molecule has 0 bridgehead atoms. The molecule has 19 heavy (non-hydrogen) atoms. The number of nitrogens with one attached hydrogen (secondary N) is 3. The number of hydrogen-bond donors (Lipinski definition) is 3. The summed E-state index contributed by atoms with van der Waals surface area (Å²) in [6.07, 6.45) is 1.78. The quantitative estimate of drug-likeness (QED) is 0.757. The number of rotatable bonds is 5. The summed E-state index contributed by atoms with van der Waals surface area (Å²) in [7, 11) is 1.63. The number of carbonyl (C=O) groups is 1. The number of hydrogen-bond acceptors (Lipinski definition) is 3. The van der Waals surface area contributed by atoms with E-state index in [1.165, 1.54) is 0 Å². The van der Waals surface area contributed by atoms with E-state index in [0.29, 0.717) is 6.54 Å². The topological polar surface area (TPSA) is 69.8 Å². The summed E-state index contributed by atoms with van der Waals surface area (Å²) in [4.78, 5) is 11.4. The summed E-state index contributed by atoms with van der Waals surface area (Å²) in [6, 6.07) is 9.77. The normalized spacial score (nSPS) is 12.1. The van der Waals surface area contributed by atoms with Crippen molar-refractivity contribution in [3.8, 4) is 11.3 Å². The van der Waals surface area contributed by atoms with Gasteiger partial charge in [0.25, 0.3) is 0 Å². The van der Waals surface area contributed by atoms with Gasteiger partial charge in [-0.2, -0.15) is 5.10 Å². The summed E-state index contributed by atoms with van der Waals surface area (Å²) in [5.74, 6) is -0.0234. The van der Waals surface area contributed by atoms with Gasteiger partial charge in [0, 0.05) is 19.2 Å². The van der Waals surface area contributed by atoms with Gasteiger partial charge in [0.15, 0.2) is 0 Å². The van der Waals surface area contributed by atoms with Crippen molar-refractivity contribution in [1.29, 1.82) is 0 Å². The highest BCUT2D eigenvalue weighted by molar-refractivity contribution is 5.80. The lowest BCUT2D eigenvalue weighted by Crippen LogP contribution is -2.40. The highest BCUT2D eigenvalue weighted by atomic mass is 16.2. The van der Waals surface area contributed by atoms with Crippen molar-refractivity contribution in [2.24, 2.45) is 0 Å². The van der Waals surface area contributed by atoms with Crippen molar-refractivity contribution >= 4 is 5.91 Å². The molecule has 1 aromatic heterocycles. The largest absolute Gasteiger partial charge is 0.358 e. The van der Waals surface area contributed by atoms with Crippen LogP contribution in [0.2, 0.25) is 0 Å². The Morgan fingerprint density at radius 1 is 1.37 bits per heavy atom. The molecular weight excluding hydrogens is 240 g/mol. The first-order valence-electron chi connectivity index (χ1n) is 6.25. The van der Waals surface area contributed by atoms with Crippen molar-refractivity contribution < 1.29 is 4.79 Å². The molecule has 3 N–H and O–H groups in total. The van der Waals surface area contributed by atoms with Crippen molar-refractivity contribution in [2.45, 2.75) is 19.5 Å². The fraction of sp³-hybridized carbons (Fsp3) is 0.286. The highest BCUT2D eigenvalue weighted by Gasteiger charge is 2.12. The number of aromatic amines is 1. The summed E-state index contributed by atoms with van der Waals surface area (Å²) < 4.78 is 0. The van der Waals surface area contributed by atoms with Crippen LogP contribution in [0.1, 0.15) is 12.5 Å². The number of H-pyrrole nitrogens is 1. The molecule has 0 aliphatic carbocycles. The van der Waals surface area contributed by atoms with Gasteiger partial charge in [0.1, 0.15) is 0 Å². The fourth-order valence-corrected chi connectivity index (χ4v) is 1.87. The molecule has 0 spiro atoms. The first-order valence-corrected chi connectivity index (χ1v) is 6.25. The minimum absolute atomic E-state index is 0.0234. The molecule has 0 aliphatic heterocycles. The van der Waals surface area contributed by atoms with Gasteiger partial charge in [-0.1, -0.05) is 30.3 Å². The lowest BCUT2D eigenvalue weighted by atomic mass is 10.1. The van der Waals surface area contributed by atoms with Crippen LogP contribution in [-0.4, -0.2) is 29.2 Å². The molecule has 0 radical (unpaired) electrons. The van der Waals surface area contributed by atoms with E-state index in [1.807, 2.05) is 37.3 Å². The van der Waals surface area contributed by atoms with Gasteiger partial charge >= 0.3 is 0 Å². The monoisotopic (exact) mass is 258 g/mol. The SMILES string of the molecule is CNC(=O)C(C)NCc1cn[nH]c1-c1ccccc1. The molecule has 0 saturated carbocycles. The second-order valence-electron chi connectivity index (χ2n) is 4.35. The molecule has 0 saturated heterocycles. The molecule has 0 fully saturated rings. The Hall–Kier alpha value is -2.14. The van der Waals surface area contributed by atoms with Crippen molar-refractivity contribution in [3.63, 3.8) is 0 Å². The van der Waals surface area contributed by atoms with Crippen LogP contribution in [-0.2, 0) is 11.3 Å². The maximum atomic E-state index is 11.4. The standard InChI is InChI=1S/C14H18N4O/c1-10(14(19)15-2)16-8-12-9-17-18-13(12)11-6-4-3-5-7-11/h3-7,9-10,16H,8H2,1-2H3,(H,15,19)(H,17,18). The van der Waals surface area contributed by atoms with E-state index < -0.39 is 0 Å². The van der Waals surface area contributed by atoms with Crippen LogP contribution in [0.25, 0.3) is 11.3 Å². The van der Waals surface area contributed by atoms with E-state index in [4.69, 9.17) is 0 Å². The van der Waals surface area contributed by atoms with Crippen molar-refractivity contribution in [2.75, 3.05) is 7.05 Å². The number of nitrogens with zero attached hydrogens (tertiary/aromatic N) is 1. The number of likely N-dealkylation sites (N-methyl/N-ethyl adjacent to an activating group) is 1. The molecule has 1 atom stereocenters. The molecule has 2 aromatic rings. The molecule has 5 heteroatoms. The lowest BCUT2D eigenvalue weighted by molar-refractivity contribution is -0.122. The summed E-state index contributed by atoms with van der Waals surface area (Å²) >= 11 is 0. The Labute approximate surface area is 112 Å². The minimum Gasteiger partial charge on any atom is -0.358 e. The summed E-state index contributed by atoms with van der Waals surface area (Å²) in [5.41, 5.74) is 3.11. The molecule has 1 aromatic carbocycles. The Morgan fingerprint density at radius 3 is 2.79 bits per heavy atom. The van der Waals surface area contributed by atoms with Crippen LogP contribution in [0.3, 0.4) is 0 Å². The number of amides is 1. The Kier molecular flexibility index (Phi) is 4.30.